The smallest absolute Gasteiger partial charge is 0.251 e. The first-order valence-corrected chi connectivity index (χ1v) is 10.0. The van der Waals surface area contributed by atoms with Crippen LogP contribution in [-0.2, 0) is 10.0 Å². The van der Waals surface area contributed by atoms with Crippen molar-refractivity contribution in [2.75, 3.05) is 0 Å². The van der Waals surface area contributed by atoms with Crippen molar-refractivity contribution >= 4 is 28.6 Å². The first-order chi connectivity index (χ1) is 12.7. The molecule has 27 heavy (non-hydrogen) atoms. The molecule has 1 aliphatic rings. The average molecular weight is 381 g/mol. The third kappa shape index (κ3) is 3.82. The number of carbonyl (C=O) groups excluding carboxylic acids is 1. The van der Waals surface area contributed by atoms with Gasteiger partial charge in [0.05, 0.1) is 4.90 Å². The molecule has 2 aromatic rings. The van der Waals surface area contributed by atoms with Crippen LogP contribution in [0.4, 0.5) is 0 Å². The second kappa shape index (κ2) is 7.06. The summed E-state index contributed by atoms with van der Waals surface area (Å²) in [5.41, 5.74) is 2.94. The number of nitrogens with one attached hydrogen (secondary N) is 1. The largest absolute Gasteiger partial charge is 0.354 e. The molecule has 140 valence electrons. The van der Waals surface area contributed by atoms with Gasteiger partial charge in [-0.25, -0.2) is 13.6 Å². The number of amides is 1. The van der Waals surface area contributed by atoms with Gasteiger partial charge in [0.15, 0.2) is 0 Å². The Balaban J connectivity index is 1.93. The molecule has 0 aliphatic heterocycles. The molecule has 5 nitrogen and oxygen atoms in total. The number of benzene rings is 2. The lowest BCUT2D eigenvalue weighted by molar-refractivity contribution is 0.0939. The number of hydrogen-bond acceptors (Lipinski definition) is 3. The van der Waals surface area contributed by atoms with E-state index in [1.54, 1.807) is 13.0 Å². The molecule has 0 aromatic heterocycles. The third-order valence-corrected chi connectivity index (χ3v) is 5.56. The van der Waals surface area contributed by atoms with Gasteiger partial charge in [-0.2, -0.15) is 0 Å². The summed E-state index contributed by atoms with van der Waals surface area (Å²) >= 11 is 0. The van der Waals surface area contributed by atoms with Crippen LogP contribution in [0.2, 0.25) is 0 Å². The minimum atomic E-state index is -3.88. The van der Waals surface area contributed by atoms with E-state index in [2.05, 4.69) is 11.9 Å². The standard InChI is InChI=1S/C21H21N2O3S/c1-13-9-11-18(19-7-5-4-6-17(13)19)15(3)23-21(24)20-12-16(27(22,25)26)10-8-14(20)2/h4-12,15H,1H2,2-3H3,(H,23,24)(H2,22,25,26)/q-1. The molecule has 0 heterocycles. The summed E-state index contributed by atoms with van der Waals surface area (Å²) in [6.45, 7) is 7.69. The maximum absolute atomic E-state index is 12.8. The van der Waals surface area contributed by atoms with E-state index < -0.39 is 10.0 Å². The minimum Gasteiger partial charge on any atom is -0.354 e. The van der Waals surface area contributed by atoms with Crippen LogP contribution in [0.1, 0.15) is 40.0 Å². The molecule has 0 saturated heterocycles. The van der Waals surface area contributed by atoms with E-state index in [1.165, 1.54) is 12.1 Å². The van der Waals surface area contributed by atoms with Crippen molar-refractivity contribution in [1.82, 2.24) is 5.32 Å². The summed E-state index contributed by atoms with van der Waals surface area (Å²) < 4.78 is 23.2. The van der Waals surface area contributed by atoms with Crippen molar-refractivity contribution in [1.29, 1.82) is 0 Å². The fraction of sp³-hybridized carbons (Fsp3) is 0.143. The number of allylic oxidation sites excluding steroid dienone is 2. The van der Waals surface area contributed by atoms with Crippen LogP contribution >= 0.6 is 0 Å². The van der Waals surface area contributed by atoms with E-state index in [1.807, 2.05) is 43.7 Å². The Bertz CT molecular complexity index is 1160. The van der Waals surface area contributed by atoms with Crippen molar-refractivity contribution in [3.05, 3.63) is 81.6 Å². The van der Waals surface area contributed by atoms with Crippen LogP contribution in [0.15, 0.2) is 47.4 Å². The Hall–Kier alpha value is -2.83. The summed E-state index contributed by atoms with van der Waals surface area (Å²) in [4.78, 5) is 12.7. The second-order valence-corrected chi connectivity index (χ2v) is 8.14. The first-order valence-electron chi connectivity index (χ1n) is 8.46. The highest BCUT2D eigenvalue weighted by molar-refractivity contribution is 7.89. The Labute approximate surface area is 159 Å². The molecule has 2 aromatic carbocycles. The SMILES string of the molecule is C=c1ccc(C(C)NC(=O)c2cc(S(N)(=O)=O)ccc2C)c2c1=CC=C[CH-]2. The van der Waals surface area contributed by atoms with E-state index >= 15 is 0 Å². The number of sulfonamides is 1. The summed E-state index contributed by atoms with van der Waals surface area (Å²) in [7, 11) is -3.88. The zero-order chi connectivity index (χ0) is 19.8. The highest BCUT2D eigenvalue weighted by atomic mass is 32.2. The van der Waals surface area contributed by atoms with Crippen molar-refractivity contribution < 1.29 is 13.2 Å². The highest BCUT2D eigenvalue weighted by Crippen LogP contribution is 2.20. The van der Waals surface area contributed by atoms with E-state index in [9.17, 15) is 13.2 Å². The maximum atomic E-state index is 12.8. The van der Waals surface area contributed by atoms with Crippen molar-refractivity contribution in [2.24, 2.45) is 5.14 Å². The molecule has 0 saturated carbocycles. The fourth-order valence-electron chi connectivity index (χ4n) is 3.14. The molecule has 6 heteroatoms. The van der Waals surface area contributed by atoms with Crippen molar-refractivity contribution in [3.63, 3.8) is 0 Å². The van der Waals surface area contributed by atoms with Gasteiger partial charge in [0.2, 0.25) is 10.0 Å². The third-order valence-electron chi connectivity index (χ3n) is 4.64. The maximum Gasteiger partial charge on any atom is 0.251 e. The molecule has 0 fully saturated rings. The Kier molecular flexibility index (Phi) is 4.95. The molecule has 3 rings (SSSR count). The van der Waals surface area contributed by atoms with Crippen LogP contribution in [0.5, 0.6) is 0 Å². The zero-order valence-corrected chi connectivity index (χ0v) is 16.0. The Morgan fingerprint density at radius 3 is 2.70 bits per heavy atom. The molecule has 0 bridgehead atoms. The fourth-order valence-corrected chi connectivity index (χ4v) is 3.68. The molecule has 0 radical (unpaired) electrons. The van der Waals surface area contributed by atoms with Crippen LogP contribution in [-0.4, -0.2) is 14.3 Å². The Morgan fingerprint density at radius 1 is 1.26 bits per heavy atom. The lowest BCUT2D eigenvalue weighted by Crippen LogP contribution is -2.33. The Morgan fingerprint density at radius 2 is 2.00 bits per heavy atom. The van der Waals surface area contributed by atoms with Crippen LogP contribution < -0.4 is 20.9 Å². The van der Waals surface area contributed by atoms with Gasteiger partial charge in [0.1, 0.15) is 0 Å². The van der Waals surface area contributed by atoms with Crippen molar-refractivity contribution in [2.45, 2.75) is 24.8 Å². The zero-order valence-electron chi connectivity index (χ0n) is 15.2. The molecule has 1 atom stereocenters. The van der Waals surface area contributed by atoms with Crippen LogP contribution in [0.25, 0.3) is 12.7 Å². The monoisotopic (exact) mass is 381 g/mol. The number of fused-ring (bicyclic) bond motifs is 1. The number of primary sulfonamides is 1. The van der Waals surface area contributed by atoms with Crippen LogP contribution in [0, 0.1) is 13.3 Å². The first kappa shape index (κ1) is 18.9. The highest BCUT2D eigenvalue weighted by Gasteiger charge is 2.17. The predicted octanol–water partition coefficient (Wildman–Crippen LogP) is 1.45. The predicted molar refractivity (Wildman–Crippen MR) is 107 cm³/mol. The van der Waals surface area contributed by atoms with E-state index in [-0.39, 0.29) is 22.4 Å². The molecular weight excluding hydrogens is 360 g/mol. The van der Waals surface area contributed by atoms with Gasteiger partial charge in [0, 0.05) is 11.6 Å². The van der Waals surface area contributed by atoms with Crippen LogP contribution in [0.3, 0.4) is 0 Å². The average Bonchev–Trinajstić information content (AvgIpc) is 2.61. The number of aryl methyl sites for hydroxylation is 1. The summed E-state index contributed by atoms with van der Waals surface area (Å²) in [5, 5.41) is 10.1. The van der Waals surface area contributed by atoms with Gasteiger partial charge in [-0.05, 0) is 31.5 Å². The lowest BCUT2D eigenvalue weighted by Gasteiger charge is -2.25. The van der Waals surface area contributed by atoms with Gasteiger partial charge < -0.3 is 5.32 Å². The summed E-state index contributed by atoms with van der Waals surface area (Å²) in [6.07, 6.45) is 7.88. The van der Waals surface area contributed by atoms with Gasteiger partial charge in [-0.3, -0.25) is 4.79 Å². The van der Waals surface area contributed by atoms with Crippen molar-refractivity contribution in [3.8, 4) is 0 Å². The van der Waals surface area contributed by atoms with Gasteiger partial charge >= 0.3 is 0 Å². The van der Waals surface area contributed by atoms with E-state index in [4.69, 9.17) is 5.14 Å². The topological polar surface area (TPSA) is 89.3 Å². The second-order valence-electron chi connectivity index (χ2n) is 6.58. The number of hydrogen-bond donors (Lipinski definition) is 2. The summed E-state index contributed by atoms with van der Waals surface area (Å²) in [6, 6.07) is 7.87. The quantitative estimate of drug-likeness (QED) is 0.786. The van der Waals surface area contributed by atoms with Gasteiger partial charge in [0.25, 0.3) is 5.91 Å². The number of carbonyl (C=O) groups is 1. The molecule has 1 amide bonds. The minimum absolute atomic E-state index is 0.0854. The van der Waals surface area contributed by atoms with E-state index in [0.717, 1.165) is 21.6 Å². The summed E-state index contributed by atoms with van der Waals surface area (Å²) in [5.74, 6) is -0.353. The number of rotatable bonds is 4. The molecule has 1 unspecified atom stereocenters. The van der Waals surface area contributed by atoms with Gasteiger partial charge in [-0.15, -0.1) is 42.0 Å². The molecule has 1 aliphatic carbocycles. The number of nitrogens with two attached hydrogens (primary N) is 1. The van der Waals surface area contributed by atoms with E-state index in [0.29, 0.717) is 5.56 Å². The molecule has 3 N–H and O–H groups in total. The lowest BCUT2D eigenvalue weighted by atomic mass is 9.93. The van der Waals surface area contributed by atoms with Gasteiger partial charge in [-0.1, -0.05) is 29.0 Å². The molecular formula is C21H21N2O3S-. The molecule has 0 spiro atoms. The normalized spacial score (nSPS) is 13.9.